The lowest BCUT2D eigenvalue weighted by Crippen LogP contribution is -2.55. The number of unbranched alkanes of at least 4 members (excludes halogenated alkanes) is 13. The van der Waals surface area contributed by atoms with E-state index in [0.717, 1.165) is 70.6 Å². The molecule has 0 heterocycles. The van der Waals surface area contributed by atoms with E-state index >= 15 is 0 Å². The largest absolute Gasteiger partial charge is 0.544 e. The number of hydrogen-bond acceptors (Lipinski definition) is 7. The second kappa shape index (κ2) is 40.8. The molecule has 0 saturated heterocycles. The van der Waals surface area contributed by atoms with Gasteiger partial charge in [-0.05, 0) is 57.8 Å². The molecule has 0 N–H and O–H groups in total. The van der Waals surface area contributed by atoms with Crippen molar-refractivity contribution in [2.45, 2.75) is 154 Å². The molecule has 2 atom stereocenters. The van der Waals surface area contributed by atoms with Crippen LogP contribution in [0.5, 0.6) is 0 Å². The van der Waals surface area contributed by atoms with Gasteiger partial charge in [0, 0.05) is 19.3 Å². The van der Waals surface area contributed by atoms with Gasteiger partial charge in [0.15, 0.2) is 6.10 Å². The van der Waals surface area contributed by atoms with Gasteiger partial charge in [-0.2, -0.15) is 0 Å². The van der Waals surface area contributed by atoms with Crippen LogP contribution in [0.2, 0.25) is 0 Å². The summed E-state index contributed by atoms with van der Waals surface area (Å²) in [5.41, 5.74) is 0. The molecule has 8 heteroatoms. The van der Waals surface area contributed by atoms with Gasteiger partial charge in [0.25, 0.3) is 0 Å². The van der Waals surface area contributed by atoms with Gasteiger partial charge in [-0.1, -0.05) is 175 Å². The third kappa shape index (κ3) is 39.2. The van der Waals surface area contributed by atoms with Crippen LogP contribution in [-0.4, -0.2) is 75.5 Å². The summed E-state index contributed by atoms with van der Waals surface area (Å²) in [6.07, 6.45) is 55.4. The normalized spacial score (nSPS) is 14.0. The van der Waals surface area contributed by atoms with E-state index in [1.807, 2.05) is 60.8 Å². The minimum absolute atomic E-state index is 0.00748. The molecule has 0 amide bonds. The van der Waals surface area contributed by atoms with Crippen molar-refractivity contribution >= 4 is 17.9 Å². The first-order valence-corrected chi connectivity index (χ1v) is 22.5. The van der Waals surface area contributed by atoms with E-state index < -0.39 is 18.1 Å². The van der Waals surface area contributed by atoms with Crippen LogP contribution in [0.1, 0.15) is 142 Å². The SMILES string of the molecule is CC/C=C/C=C/C=C/C=C/C=C/C=C/CCCCCC(=O)OC(COCCC(C(=O)[O-])[N+](C)(C)C)COC(=O)CCCCCCC/C=C/C=C/C=C/CCCCCCC. The Balaban J connectivity index is 4.50. The van der Waals surface area contributed by atoms with Gasteiger partial charge in [0.1, 0.15) is 12.6 Å². The van der Waals surface area contributed by atoms with Crippen molar-refractivity contribution in [2.75, 3.05) is 41.0 Å². The van der Waals surface area contributed by atoms with Crippen LogP contribution < -0.4 is 5.11 Å². The summed E-state index contributed by atoms with van der Waals surface area (Å²) in [4.78, 5) is 36.9. The molecule has 0 fully saturated rings. The first kappa shape index (κ1) is 55.0. The lowest BCUT2D eigenvalue weighted by atomic mass is 10.1. The van der Waals surface area contributed by atoms with Gasteiger partial charge in [0.2, 0.25) is 0 Å². The van der Waals surface area contributed by atoms with Crippen molar-refractivity contribution in [3.05, 3.63) is 109 Å². The number of allylic oxidation sites excluding steroid dienone is 18. The standard InChI is InChI=1S/C51H81NO7/c1-6-8-10-12-14-16-18-20-22-24-26-27-29-31-33-35-37-39-41-49(53)58-46-47(45-57-44-43-48(51(55)56)52(3,4)5)59-50(54)42-40-38-36-34-32-30-28-25-23-21-19-17-15-13-11-9-7-2/h9,11,13,15,17-28,30,32,47-48H,6-8,10,12,14,16,29,31,33-46H2,1-5H3/b11-9+,15-13+,19-17+,20-18+,23-21+,24-22+,27-26+,28-25+,32-30+. The topological polar surface area (TPSA) is 102 Å². The molecule has 0 aromatic rings. The average Bonchev–Trinajstić information content (AvgIpc) is 3.19. The Bertz CT molecular complexity index is 1330. The first-order chi connectivity index (χ1) is 28.6. The van der Waals surface area contributed by atoms with Crippen LogP contribution in [0.3, 0.4) is 0 Å². The van der Waals surface area contributed by atoms with Crippen LogP contribution >= 0.6 is 0 Å². The van der Waals surface area contributed by atoms with E-state index in [2.05, 4.69) is 62.5 Å². The zero-order chi connectivity index (χ0) is 43.5. The third-order valence-corrected chi connectivity index (χ3v) is 9.37. The Labute approximate surface area is 359 Å². The Kier molecular flexibility index (Phi) is 38.0. The van der Waals surface area contributed by atoms with E-state index in [9.17, 15) is 19.5 Å². The molecular formula is C51H81NO7. The molecule has 0 spiro atoms. The maximum Gasteiger partial charge on any atom is 0.306 e. The number of quaternary nitrogens is 1. The number of esters is 2. The highest BCUT2D eigenvalue weighted by Crippen LogP contribution is 2.12. The van der Waals surface area contributed by atoms with Crippen molar-refractivity contribution < 1.29 is 38.2 Å². The second-order valence-corrected chi connectivity index (χ2v) is 15.8. The first-order valence-electron chi connectivity index (χ1n) is 22.5. The Morgan fingerprint density at radius 1 is 0.525 bits per heavy atom. The number of aliphatic carboxylic acids is 1. The maximum absolute atomic E-state index is 12.7. The molecule has 8 nitrogen and oxygen atoms in total. The van der Waals surface area contributed by atoms with Crippen molar-refractivity contribution in [1.82, 2.24) is 0 Å². The van der Waals surface area contributed by atoms with Gasteiger partial charge >= 0.3 is 11.9 Å². The average molecular weight is 820 g/mol. The lowest BCUT2D eigenvalue weighted by Gasteiger charge is -2.34. The molecular weight excluding hydrogens is 739 g/mol. The molecule has 0 bridgehead atoms. The molecule has 332 valence electrons. The molecule has 0 rings (SSSR count). The van der Waals surface area contributed by atoms with Crippen molar-refractivity contribution in [3.8, 4) is 0 Å². The number of ether oxygens (including phenoxy) is 3. The van der Waals surface area contributed by atoms with Crippen LogP contribution in [0.25, 0.3) is 0 Å². The van der Waals surface area contributed by atoms with Crippen molar-refractivity contribution in [3.63, 3.8) is 0 Å². The fraction of sp³-hybridized carbons (Fsp3) is 0.588. The fourth-order valence-electron chi connectivity index (χ4n) is 5.87. The number of nitrogens with zero attached hydrogens (tertiary/aromatic N) is 1. The number of carboxylic acid groups (broad SMARTS) is 1. The summed E-state index contributed by atoms with van der Waals surface area (Å²) >= 11 is 0. The molecule has 0 aromatic carbocycles. The predicted molar refractivity (Wildman–Crippen MR) is 244 cm³/mol. The summed E-state index contributed by atoms with van der Waals surface area (Å²) in [5.74, 6) is -1.84. The number of hydrogen-bond donors (Lipinski definition) is 0. The predicted octanol–water partition coefficient (Wildman–Crippen LogP) is 11.1. The highest BCUT2D eigenvalue weighted by atomic mass is 16.6. The number of carbonyl (C=O) groups is 3. The summed E-state index contributed by atoms with van der Waals surface area (Å²) in [6, 6.07) is -0.745. The summed E-state index contributed by atoms with van der Waals surface area (Å²) in [6.45, 7) is 4.40. The lowest BCUT2D eigenvalue weighted by molar-refractivity contribution is -0.889. The summed E-state index contributed by atoms with van der Waals surface area (Å²) in [7, 11) is 5.37. The molecule has 0 aromatic heterocycles. The zero-order valence-electron chi connectivity index (χ0n) is 37.6. The van der Waals surface area contributed by atoms with Gasteiger partial charge in [-0.15, -0.1) is 0 Å². The highest BCUT2D eigenvalue weighted by Gasteiger charge is 2.25. The van der Waals surface area contributed by atoms with Gasteiger partial charge in [-0.25, -0.2) is 0 Å². The van der Waals surface area contributed by atoms with Crippen LogP contribution in [-0.2, 0) is 28.6 Å². The maximum atomic E-state index is 12.7. The number of carbonyl (C=O) groups excluding carboxylic acids is 3. The molecule has 0 radical (unpaired) electrons. The fourth-order valence-corrected chi connectivity index (χ4v) is 5.87. The van der Waals surface area contributed by atoms with Crippen molar-refractivity contribution in [1.29, 1.82) is 0 Å². The molecule has 2 unspecified atom stereocenters. The zero-order valence-corrected chi connectivity index (χ0v) is 37.6. The van der Waals surface area contributed by atoms with Crippen LogP contribution in [0.15, 0.2) is 109 Å². The second-order valence-electron chi connectivity index (χ2n) is 15.8. The highest BCUT2D eigenvalue weighted by molar-refractivity contribution is 5.70. The molecule has 0 aliphatic rings. The van der Waals surface area contributed by atoms with E-state index in [-0.39, 0.29) is 49.1 Å². The van der Waals surface area contributed by atoms with Gasteiger partial charge in [0.05, 0.1) is 40.3 Å². The third-order valence-electron chi connectivity index (χ3n) is 9.37. The number of carboxylic acids is 1. The van der Waals surface area contributed by atoms with E-state index in [1.165, 1.54) is 32.1 Å². The van der Waals surface area contributed by atoms with Crippen LogP contribution in [0.4, 0.5) is 0 Å². The number of likely N-dealkylation sites (N-methyl/N-ethyl adjacent to an activating group) is 1. The minimum atomic E-state index is -1.14. The molecule has 59 heavy (non-hydrogen) atoms. The molecule has 0 saturated carbocycles. The number of rotatable bonds is 38. The Morgan fingerprint density at radius 2 is 0.949 bits per heavy atom. The molecule has 0 aliphatic carbocycles. The van der Waals surface area contributed by atoms with E-state index in [1.54, 1.807) is 21.1 Å². The van der Waals surface area contributed by atoms with Gasteiger partial charge in [-0.3, -0.25) is 9.59 Å². The van der Waals surface area contributed by atoms with Crippen molar-refractivity contribution in [2.24, 2.45) is 0 Å². The van der Waals surface area contributed by atoms with E-state index in [0.29, 0.717) is 12.8 Å². The summed E-state index contributed by atoms with van der Waals surface area (Å²) < 4.78 is 17.1. The van der Waals surface area contributed by atoms with E-state index in [4.69, 9.17) is 14.2 Å². The smallest absolute Gasteiger partial charge is 0.306 e. The summed E-state index contributed by atoms with van der Waals surface area (Å²) in [5, 5.41) is 11.6. The quantitative estimate of drug-likeness (QED) is 0.0264. The minimum Gasteiger partial charge on any atom is -0.544 e. The molecule has 0 aliphatic heterocycles. The van der Waals surface area contributed by atoms with Crippen LogP contribution in [0, 0.1) is 0 Å². The monoisotopic (exact) mass is 820 g/mol. The Hall–Kier alpha value is -4.01. The Morgan fingerprint density at radius 3 is 1.42 bits per heavy atom. The van der Waals surface area contributed by atoms with Gasteiger partial charge < -0.3 is 28.6 Å².